The van der Waals surface area contributed by atoms with Gasteiger partial charge in [0.1, 0.15) is 6.54 Å². The summed E-state index contributed by atoms with van der Waals surface area (Å²) < 4.78 is 4.91. The Hall–Kier alpha value is -2.41. The fourth-order valence-corrected chi connectivity index (χ4v) is 2.89. The summed E-state index contributed by atoms with van der Waals surface area (Å²) in [6, 6.07) is 11.0. The van der Waals surface area contributed by atoms with Gasteiger partial charge in [0.2, 0.25) is 5.89 Å². The van der Waals surface area contributed by atoms with Crippen molar-refractivity contribution in [1.82, 2.24) is 20.4 Å². The first-order valence-corrected chi connectivity index (χ1v) is 8.31. The summed E-state index contributed by atoms with van der Waals surface area (Å²) in [4.78, 5) is 10.9. The van der Waals surface area contributed by atoms with Crippen LogP contribution in [0.15, 0.2) is 39.8 Å². The number of hydrogen-bond acceptors (Lipinski definition) is 5. The zero-order valence-corrected chi connectivity index (χ0v) is 14.0. The Morgan fingerprint density at radius 1 is 1.33 bits per heavy atom. The number of nitrogens with zero attached hydrogens (tertiary/aromatic N) is 4. The van der Waals surface area contributed by atoms with Gasteiger partial charge in [-0.1, -0.05) is 35.5 Å². The zero-order valence-electron chi connectivity index (χ0n) is 14.0. The van der Waals surface area contributed by atoms with Crippen molar-refractivity contribution >= 4 is 5.96 Å². The maximum atomic E-state index is 5.96. The first-order valence-electron chi connectivity index (χ1n) is 8.31. The van der Waals surface area contributed by atoms with Crippen LogP contribution in [0.25, 0.3) is 0 Å². The molecular weight excluding hydrogens is 304 g/mol. The van der Waals surface area contributed by atoms with Gasteiger partial charge in [-0.25, -0.2) is 4.99 Å². The number of piperidine rings is 1. The molecule has 3 N–H and O–H groups in total. The SMILES string of the molecule is Cc1nc(CN=C(N)NC2CCN(Cc3ccccc3)CC2)no1. The van der Waals surface area contributed by atoms with E-state index in [1.54, 1.807) is 6.92 Å². The van der Waals surface area contributed by atoms with Gasteiger partial charge in [-0.15, -0.1) is 0 Å². The van der Waals surface area contributed by atoms with E-state index in [2.05, 4.69) is 55.7 Å². The molecule has 0 amide bonds. The van der Waals surface area contributed by atoms with Crippen molar-refractivity contribution in [2.75, 3.05) is 13.1 Å². The van der Waals surface area contributed by atoms with Crippen LogP contribution in [0.3, 0.4) is 0 Å². The Kier molecular flexibility index (Phi) is 5.43. The summed E-state index contributed by atoms with van der Waals surface area (Å²) in [5, 5.41) is 7.10. The zero-order chi connectivity index (χ0) is 16.8. The standard InChI is InChI=1S/C17H24N6O/c1-13-20-16(22-24-13)11-19-17(18)21-15-7-9-23(10-8-15)12-14-5-3-2-4-6-14/h2-6,15H,7-12H2,1H3,(H3,18,19,21). The third-order valence-corrected chi connectivity index (χ3v) is 4.15. The lowest BCUT2D eigenvalue weighted by molar-refractivity contribution is 0.199. The van der Waals surface area contributed by atoms with Gasteiger partial charge in [0.25, 0.3) is 0 Å². The predicted molar refractivity (Wildman–Crippen MR) is 92.2 cm³/mol. The first-order chi connectivity index (χ1) is 11.7. The molecule has 1 aliphatic heterocycles. The van der Waals surface area contributed by atoms with Gasteiger partial charge in [0, 0.05) is 32.6 Å². The van der Waals surface area contributed by atoms with Crippen LogP contribution in [0.5, 0.6) is 0 Å². The first kappa shape index (κ1) is 16.4. The minimum atomic E-state index is 0.336. The fourth-order valence-electron chi connectivity index (χ4n) is 2.89. The molecular formula is C17H24N6O. The van der Waals surface area contributed by atoms with Gasteiger partial charge in [-0.05, 0) is 18.4 Å². The number of hydrogen-bond donors (Lipinski definition) is 2. The lowest BCUT2D eigenvalue weighted by atomic mass is 10.0. The van der Waals surface area contributed by atoms with E-state index in [0.717, 1.165) is 32.5 Å². The van der Waals surface area contributed by atoms with Gasteiger partial charge in [0.15, 0.2) is 11.8 Å². The molecule has 0 atom stereocenters. The monoisotopic (exact) mass is 328 g/mol. The van der Waals surface area contributed by atoms with E-state index in [4.69, 9.17) is 10.3 Å². The maximum absolute atomic E-state index is 5.96. The molecule has 1 fully saturated rings. The Balaban J connectivity index is 1.41. The Morgan fingerprint density at radius 3 is 2.75 bits per heavy atom. The lowest BCUT2D eigenvalue weighted by Gasteiger charge is -2.32. The number of aromatic nitrogens is 2. The second kappa shape index (κ2) is 7.92. The molecule has 3 rings (SSSR count). The van der Waals surface area contributed by atoms with Crippen LogP contribution in [0.1, 0.15) is 30.1 Å². The van der Waals surface area contributed by atoms with E-state index in [1.807, 2.05) is 0 Å². The van der Waals surface area contributed by atoms with Crippen molar-refractivity contribution in [2.24, 2.45) is 10.7 Å². The van der Waals surface area contributed by atoms with Crippen LogP contribution < -0.4 is 11.1 Å². The molecule has 0 saturated carbocycles. The summed E-state index contributed by atoms with van der Waals surface area (Å²) in [7, 11) is 0. The number of nitrogens with two attached hydrogens (primary N) is 1. The third kappa shape index (κ3) is 4.79. The summed E-state index contributed by atoms with van der Waals surface area (Å²) in [5.41, 5.74) is 7.32. The smallest absolute Gasteiger partial charge is 0.223 e. The average molecular weight is 328 g/mol. The highest BCUT2D eigenvalue weighted by Gasteiger charge is 2.19. The predicted octanol–water partition coefficient (Wildman–Crippen LogP) is 1.45. The fraction of sp³-hybridized carbons (Fsp3) is 0.471. The number of aryl methyl sites for hydroxylation is 1. The average Bonchev–Trinajstić information content (AvgIpc) is 3.01. The Bertz CT molecular complexity index is 661. The highest BCUT2D eigenvalue weighted by molar-refractivity contribution is 5.78. The number of nitrogens with one attached hydrogen (secondary N) is 1. The normalized spacial score (nSPS) is 17.1. The molecule has 1 saturated heterocycles. The highest BCUT2D eigenvalue weighted by Crippen LogP contribution is 2.13. The topological polar surface area (TPSA) is 92.6 Å². The number of guanidine groups is 1. The van der Waals surface area contributed by atoms with Gasteiger partial charge < -0.3 is 15.6 Å². The summed E-state index contributed by atoms with van der Waals surface area (Å²) in [6.07, 6.45) is 2.12. The summed E-state index contributed by atoms with van der Waals surface area (Å²) in [5.74, 6) is 1.53. The van der Waals surface area contributed by atoms with Crippen LogP contribution in [0.4, 0.5) is 0 Å². The van der Waals surface area contributed by atoms with Crippen molar-refractivity contribution in [3.63, 3.8) is 0 Å². The molecule has 2 heterocycles. The minimum absolute atomic E-state index is 0.336. The lowest BCUT2D eigenvalue weighted by Crippen LogP contribution is -2.46. The van der Waals surface area contributed by atoms with E-state index >= 15 is 0 Å². The minimum Gasteiger partial charge on any atom is -0.370 e. The molecule has 1 aromatic carbocycles. The molecule has 0 radical (unpaired) electrons. The third-order valence-electron chi connectivity index (χ3n) is 4.15. The maximum Gasteiger partial charge on any atom is 0.223 e. The molecule has 128 valence electrons. The van der Waals surface area contributed by atoms with E-state index in [-0.39, 0.29) is 0 Å². The quantitative estimate of drug-likeness (QED) is 0.637. The Morgan fingerprint density at radius 2 is 2.08 bits per heavy atom. The molecule has 1 aromatic heterocycles. The molecule has 2 aromatic rings. The van der Waals surface area contributed by atoms with Gasteiger partial charge >= 0.3 is 0 Å². The highest BCUT2D eigenvalue weighted by atomic mass is 16.5. The number of rotatable bonds is 5. The van der Waals surface area contributed by atoms with Crippen LogP contribution in [-0.4, -0.2) is 40.1 Å². The van der Waals surface area contributed by atoms with Crippen molar-refractivity contribution in [3.05, 3.63) is 47.6 Å². The van der Waals surface area contributed by atoms with E-state index in [1.165, 1.54) is 5.56 Å². The van der Waals surface area contributed by atoms with Gasteiger partial charge in [-0.3, -0.25) is 4.90 Å². The van der Waals surface area contributed by atoms with Crippen molar-refractivity contribution in [3.8, 4) is 0 Å². The van der Waals surface area contributed by atoms with Crippen LogP contribution >= 0.6 is 0 Å². The summed E-state index contributed by atoms with van der Waals surface area (Å²) in [6.45, 7) is 5.22. The molecule has 7 nitrogen and oxygen atoms in total. The van der Waals surface area contributed by atoms with Crippen molar-refractivity contribution < 1.29 is 4.52 Å². The molecule has 0 spiro atoms. The van der Waals surface area contributed by atoms with Crippen LogP contribution in [0, 0.1) is 6.92 Å². The molecule has 1 aliphatic rings. The number of benzene rings is 1. The second-order valence-corrected chi connectivity index (χ2v) is 6.11. The van der Waals surface area contributed by atoms with Gasteiger partial charge in [-0.2, -0.15) is 4.98 Å². The largest absolute Gasteiger partial charge is 0.370 e. The number of likely N-dealkylation sites (tertiary alicyclic amines) is 1. The van der Waals surface area contributed by atoms with Crippen molar-refractivity contribution in [2.45, 2.75) is 38.9 Å². The summed E-state index contributed by atoms with van der Waals surface area (Å²) >= 11 is 0. The Labute approximate surface area is 141 Å². The molecule has 24 heavy (non-hydrogen) atoms. The molecule has 0 aliphatic carbocycles. The van der Waals surface area contributed by atoms with E-state index < -0.39 is 0 Å². The molecule has 7 heteroatoms. The van der Waals surface area contributed by atoms with Crippen LogP contribution in [-0.2, 0) is 13.1 Å². The van der Waals surface area contributed by atoms with Gasteiger partial charge in [0.05, 0.1) is 0 Å². The molecule has 0 bridgehead atoms. The second-order valence-electron chi connectivity index (χ2n) is 6.11. The number of aliphatic imine (C=N–C) groups is 1. The van der Waals surface area contributed by atoms with Crippen molar-refractivity contribution in [1.29, 1.82) is 0 Å². The van der Waals surface area contributed by atoms with E-state index in [9.17, 15) is 0 Å². The van der Waals surface area contributed by atoms with E-state index in [0.29, 0.717) is 30.3 Å². The molecule has 0 unspecified atom stereocenters. The van der Waals surface area contributed by atoms with Crippen LogP contribution in [0.2, 0.25) is 0 Å².